The van der Waals surface area contributed by atoms with Crippen molar-refractivity contribution >= 4 is 16.9 Å². The normalized spacial score (nSPS) is 15.7. The molecule has 8 nitrogen and oxygen atoms in total. The third kappa shape index (κ3) is 2.63. The molecule has 0 spiro atoms. The van der Waals surface area contributed by atoms with Crippen LogP contribution in [0.15, 0.2) is 41.5 Å². The number of carbonyl (C=O) groups excluding carboxylic acids is 1. The molecule has 2 aromatic heterocycles. The van der Waals surface area contributed by atoms with E-state index in [0.717, 1.165) is 19.4 Å². The fourth-order valence-corrected chi connectivity index (χ4v) is 2.72. The number of fused-ring (bicyclic) bond motifs is 1. The van der Waals surface area contributed by atoms with Crippen molar-refractivity contribution in [3.8, 4) is 0 Å². The Labute approximate surface area is 131 Å². The summed E-state index contributed by atoms with van der Waals surface area (Å²) in [7, 11) is 0. The van der Waals surface area contributed by atoms with E-state index in [1.165, 1.54) is 6.07 Å². The van der Waals surface area contributed by atoms with Gasteiger partial charge >= 0.3 is 0 Å². The summed E-state index contributed by atoms with van der Waals surface area (Å²) in [5.74, 6) is -0.177. The molecule has 0 unspecified atom stereocenters. The van der Waals surface area contributed by atoms with Crippen molar-refractivity contribution in [3.05, 3.63) is 47.7 Å². The number of hydrogen-bond donors (Lipinski definition) is 1. The highest BCUT2D eigenvalue weighted by Crippen LogP contribution is 2.46. The molecule has 3 aromatic rings. The lowest BCUT2D eigenvalue weighted by atomic mass is 10.1. The Morgan fingerprint density at radius 1 is 1.48 bits per heavy atom. The van der Waals surface area contributed by atoms with Crippen molar-refractivity contribution in [1.82, 2.24) is 20.0 Å². The minimum Gasteiger partial charge on any atom is -0.359 e. The molecule has 1 fully saturated rings. The molecule has 8 heteroatoms. The first-order valence-electron chi connectivity index (χ1n) is 7.39. The molecule has 4 rings (SSSR count). The molecule has 1 aromatic carbocycles. The molecule has 0 atom stereocenters. The summed E-state index contributed by atoms with van der Waals surface area (Å²) in [5.41, 5.74) is 1.25. The first kappa shape index (κ1) is 13.7. The quantitative estimate of drug-likeness (QED) is 0.704. The van der Waals surface area contributed by atoms with E-state index >= 15 is 0 Å². The maximum atomic E-state index is 12.3. The lowest BCUT2D eigenvalue weighted by molar-refractivity contribution is -0.782. The van der Waals surface area contributed by atoms with E-state index in [9.17, 15) is 10.0 Å². The van der Waals surface area contributed by atoms with Crippen molar-refractivity contribution in [2.75, 3.05) is 6.54 Å². The van der Waals surface area contributed by atoms with Crippen molar-refractivity contribution in [2.45, 2.75) is 19.4 Å². The summed E-state index contributed by atoms with van der Waals surface area (Å²) >= 11 is 0. The van der Waals surface area contributed by atoms with E-state index < -0.39 is 0 Å². The highest BCUT2D eigenvalue weighted by molar-refractivity contribution is 5.96. The van der Waals surface area contributed by atoms with Gasteiger partial charge in [-0.05, 0) is 29.9 Å². The molecule has 0 saturated heterocycles. The number of nitrogens with zero attached hydrogens (tertiary/aromatic N) is 4. The van der Waals surface area contributed by atoms with Crippen LogP contribution in [0.2, 0.25) is 0 Å². The molecule has 1 aliphatic carbocycles. The SMILES string of the molecule is O=C(NCC1(Cn2ccnc2)CC1)c1ccc2c(c1)no[n+]2[O-]. The second-order valence-corrected chi connectivity index (χ2v) is 6.05. The average Bonchev–Trinajstić information content (AvgIpc) is 2.94. The van der Waals surface area contributed by atoms with Crippen LogP contribution in [0.4, 0.5) is 0 Å². The molecule has 2 heterocycles. The van der Waals surface area contributed by atoms with Crippen LogP contribution in [0.1, 0.15) is 23.2 Å². The number of hydrogen-bond acceptors (Lipinski definition) is 5. The van der Waals surface area contributed by atoms with Gasteiger partial charge in [-0.1, -0.05) is 0 Å². The number of imidazole rings is 1. The minimum absolute atomic E-state index is 0.117. The standard InChI is InChI=1S/C15H15N5O3/c21-14(11-1-2-13-12(7-11)18-23-20(13)22)17-8-15(3-4-15)9-19-6-5-16-10-19/h1-2,5-7,10H,3-4,8-9H2,(H,17,21). The topological polar surface area (TPSA) is 99.9 Å². The molecule has 118 valence electrons. The zero-order valence-electron chi connectivity index (χ0n) is 12.3. The van der Waals surface area contributed by atoms with Crippen LogP contribution >= 0.6 is 0 Å². The fourth-order valence-electron chi connectivity index (χ4n) is 2.72. The van der Waals surface area contributed by atoms with Gasteiger partial charge in [-0.15, -0.1) is 0 Å². The summed E-state index contributed by atoms with van der Waals surface area (Å²) in [6.07, 6.45) is 7.65. The smallest absolute Gasteiger partial charge is 0.251 e. The van der Waals surface area contributed by atoms with Crippen molar-refractivity contribution < 1.29 is 14.3 Å². The summed E-state index contributed by atoms with van der Waals surface area (Å²) < 4.78 is 6.54. The van der Waals surface area contributed by atoms with E-state index in [1.807, 2.05) is 10.8 Å². The van der Waals surface area contributed by atoms with Crippen LogP contribution < -0.4 is 10.2 Å². The van der Waals surface area contributed by atoms with Gasteiger partial charge in [0, 0.05) is 47.7 Å². The largest absolute Gasteiger partial charge is 0.359 e. The maximum absolute atomic E-state index is 12.3. The Bertz CT molecular complexity index is 851. The first-order chi connectivity index (χ1) is 11.2. The Kier molecular flexibility index (Phi) is 3.03. The van der Waals surface area contributed by atoms with Gasteiger partial charge in [0.05, 0.1) is 6.33 Å². The number of carbonyl (C=O) groups is 1. The summed E-state index contributed by atoms with van der Waals surface area (Å²) in [6, 6.07) is 4.68. The Balaban J connectivity index is 1.43. The fraction of sp³-hybridized carbons (Fsp3) is 0.333. The second-order valence-electron chi connectivity index (χ2n) is 6.05. The van der Waals surface area contributed by atoms with Crippen LogP contribution in [0, 0.1) is 10.6 Å². The molecule has 1 amide bonds. The highest BCUT2D eigenvalue weighted by atomic mass is 16.8. The molecule has 0 aliphatic heterocycles. The van der Waals surface area contributed by atoms with E-state index in [0.29, 0.717) is 28.0 Å². The Morgan fingerprint density at radius 2 is 2.35 bits per heavy atom. The van der Waals surface area contributed by atoms with Gasteiger partial charge < -0.3 is 15.1 Å². The van der Waals surface area contributed by atoms with Gasteiger partial charge in [0.2, 0.25) is 11.0 Å². The third-order valence-corrected chi connectivity index (χ3v) is 4.31. The van der Waals surface area contributed by atoms with Crippen molar-refractivity contribution in [3.63, 3.8) is 0 Å². The van der Waals surface area contributed by atoms with Crippen LogP contribution in [0.3, 0.4) is 0 Å². The molecule has 0 radical (unpaired) electrons. The molecule has 23 heavy (non-hydrogen) atoms. The predicted octanol–water partition coefficient (Wildman–Crippen LogP) is 0.868. The zero-order chi connectivity index (χ0) is 15.9. The minimum atomic E-state index is -0.177. The average molecular weight is 313 g/mol. The maximum Gasteiger partial charge on any atom is 0.251 e. The number of amides is 1. The van der Waals surface area contributed by atoms with Crippen LogP contribution in [0.5, 0.6) is 0 Å². The Morgan fingerprint density at radius 3 is 3.09 bits per heavy atom. The molecule has 0 bridgehead atoms. The molecular weight excluding hydrogens is 298 g/mol. The lowest BCUT2D eigenvalue weighted by Crippen LogP contribution is -2.32. The van der Waals surface area contributed by atoms with Crippen LogP contribution in [0.25, 0.3) is 11.0 Å². The van der Waals surface area contributed by atoms with Gasteiger partial charge in [-0.2, -0.15) is 0 Å². The summed E-state index contributed by atoms with van der Waals surface area (Å²) in [5, 5.41) is 17.8. The van der Waals surface area contributed by atoms with Crippen LogP contribution in [-0.4, -0.2) is 27.2 Å². The van der Waals surface area contributed by atoms with Gasteiger partial charge in [-0.25, -0.2) is 4.98 Å². The number of rotatable bonds is 5. The molecule has 1 N–H and O–H groups in total. The zero-order valence-corrected chi connectivity index (χ0v) is 12.3. The van der Waals surface area contributed by atoms with E-state index in [-0.39, 0.29) is 11.3 Å². The van der Waals surface area contributed by atoms with Crippen molar-refractivity contribution in [1.29, 1.82) is 0 Å². The van der Waals surface area contributed by atoms with Crippen LogP contribution in [-0.2, 0) is 6.54 Å². The number of aromatic nitrogens is 4. The summed E-state index contributed by atoms with van der Waals surface area (Å²) in [4.78, 5) is 16.7. The van der Waals surface area contributed by atoms with E-state index in [2.05, 4.69) is 20.1 Å². The highest BCUT2D eigenvalue weighted by Gasteiger charge is 2.43. The predicted molar refractivity (Wildman–Crippen MR) is 79.2 cm³/mol. The monoisotopic (exact) mass is 313 g/mol. The molecule has 1 saturated carbocycles. The molecule has 1 aliphatic rings. The third-order valence-electron chi connectivity index (χ3n) is 4.31. The second kappa shape index (κ2) is 5.08. The van der Waals surface area contributed by atoms with E-state index in [1.54, 1.807) is 24.7 Å². The van der Waals surface area contributed by atoms with Gasteiger partial charge in [0.15, 0.2) is 0 Å². The number of benzene rings is 1. The van der Waals surface area contributed by atoms with Gasteiger partial charge in [0.25, 0.3) is 5.91 Å². The summed E-state index contributed by atoms with van der Waals surface area (Å²) in [6.45, 7) is 1.47. The van der Waals surface area contributed by atoms with Gasteiger partial charge in [-0.3, -0.25) is 9.42 Å². The van der Waals surface area contributed by atoms with Gasteiger partial charge in [0.1, 0.15) is 0 Å². The lowest BCUT2D eigenvalue weighted by Gasteiger charge is -2.16. The Hall–Kier alpha value is -2.90. The van der Waals surface area contributed by atoms with Crippen molar-refractivity contribution in [2.24, 2.45) is 5.41 Å². The first-order valence-corrected chi connectivity index (χ1v) is 7.39. The molecular formula is C15H15N5O3. The number of nitrogens with one attached hydrogen (secondary N) is 1. The van der Waals surface area contributed by atoms with E-state index in [4.69, 9.17) is 0 Å².